The van der Waals surface area contributed by atoms with Crippen LogP contribution in [0.4, 0.5) is 10.1 Å². The van der Waals surface area contributed by atoms with Crippen molar-refractivity contribution in [2.45, 2.75) is 11.4 Å². The van der Waals surface area contributed by atoms with Gasteiger partial charge in [0.05, 0.1) is 17.9 Å². The SMILES string of the molecule is Nc1c(F)cccc1S(=O)(=O)NCc1ccccn1. The van der Waals surface area contributed by atoms with Crippen LogP contribution in [0.2, 0.25) is 0 Å². The fourth-order valence-electron chi connectivity index (χ4n) is 1.50. The first kappa shape index (κ1) is 13.4. The third kappa shape index (κ3) is 3.07. The van der Waals surface area contributed by atoms with E-state index in [1.165, 1.54) is 12.1 Å². The highest BCUT2D eigenvalue weighted by Gasteiger charge is 2.19. The Labute approximate surface area is 110 Å². The Kier molecular flexibility index (Phi) is 3.77. The van der Waals surface area contributed by atoms with Crippen molar-refractivity contribution in [3.8, 4) is 0 Å². The molecule has 1 heterocycles. The van der Waals surface area contributed by atoms with Crippen molar-refractivity contribution in [1.82, 2.24) is 9.71 Å². The highest BCUT2D eigenvalue weighted by Crippen LogP contribution is 2.20. The minimum atomic E-state index is -3.87. The Morgan fingerprint density at radius 3 is 2.68 bits per heavy atom. The Balaban J connectivity index is 2.22. The Morgan fingerprint density at radius 1 is 1.21 bits per heavy atom. The number of nitrogens with zero attached hydrogens (tertiary/aromatic N) is 1. The van der Waals surface area contributed by atoms with E-state index in [1.807, 2.05) is 0 Å². The molecule has 100 valence electrons. The van der Waals surface area contributed by atoms with Gasteiger partial charge in [0.15, 0.2) is 0 Å². The van der Waals surface area contributed by atoms with Crippen LogP contribution in [-0.2, 0) is 16.6 Å². The first-order chi connectivity index (χ1) is 9.00. The summed E-state index contributed by atoms with van der Waals surface area (Å²) in [6, 6.07) is 8.79. The molecule has 2 aromatic rings. The summed E-state index contributed by atoms with van der Waals surface area (Å²) < 4.78 is 39.6. The molecule has 0 saturated heterocycles. The maximum Gasteiger partial charge on any atom is 0.243 e. The van der Waals surface area contributed by atoms with E-state index in [1.54, 1.807) is 24.4 Å². The molecule has 0 saturated carbocycles. The van der Waals surface area contributed by atoms with E-state index in [0.29, 0.717) is 5.69 Å². The summed E-state index contributed by atoms with van der Waals surface area (Å²) in [6.07, 6.45) is 1.56. The molecule has 0 atom stereocenters. The van der Waals surface area contributed by atoms with Gasteiger partial charge in [-0.15, -0.1) is 0 Å². The molecule has 3 N–H and O–H groups in total. The molecular weight excluding hydrogens is 269 g/mol. The number of aromatic nitrogens is 1. The second-order valence-electron chi connectivity index (χ2n) is 3.80. The molecule has 19 heavy (non-hydrogen) atoms. The molecule has 1 aromatic heterocycles. The fourth-order valence-corrected chi connectivity index (χ4v) is 2.64. The first-order valence-electron chi connectivity index (χ1n) is 5.44. The number of nitrogens with one attached hydrogen (secondary N) is 1. The van der Waals surface area contributed by atoms with Crippen LogP contribution in [0.15, 0.2) is 47.5 Å². The van der Waals surface area contributed by atoms with Gasteiger partial charge in [-0.25, -0.2) is 17.5 Å². The van der Waals surface area contributed by atoms with Crippen LogP contribution in [0, 0.1) is 5.82 Å². The highest BCUT2D eigenvalue weighted by atomic mass is 32.2. The number of benzene rings is 1. The van der Waals surface area contributed by atoms with Gasteiger partial charge in [-0.2, -0.15) is 0 Å². The lowest BCUT2D eigenvalue weighted by atomic mass is 10.3. The number of hydrogen-bond acceptors (Lipinski definition) is 4. The molecule has 1 aromatic carbocycles. The Morgan fingerprint density at radius 2 is 2.00 bits per heavy atom. The number of para-hydroxylation sites is 1. The van der Waals surface area contributed by atoms with Gasteiger partial charge in [-0.3, -0.25) is 4.98 Å². The zero-order valence-electron chi connectivity index (χ0n) is 9.88. The molecule has 2 rings (SSSR count). The van der Waals surface area contributed by atoms with Crippen LogP contribution in [0.3, 0.4) is 0 Å². The maximum absolute atomic E-state index is 13.2. The molecule has 0 aliphatic rings. The number of anilines is 1. The lowest BCUT2D eigenvalue weighted by molar-refractivity contribution is 0.578. The van der Waals surface area contributed by atoms with Crippen molar-refractivity contribution in [2.24, 2.45) is 0 Å². The molecule has 0 unspecified atom stereocenters. The topological polar surface area (TPSA) is 85.1 Å². The number of pyridine rings is 1. The summed E-state index contributed by atoms with van der Waals surface area (Å²) in [5.41, 5.74) is 5.59. The van der Waals surface area contributed by atoms with E-state index >= 15 is 0 Å². The smallest absolute Gasteiger partial charge is 0.243 e. The van der Waals surface area contributed by atoms with Crippen molar-refractivity contribution in [3.63, 3.8) is 0 Å². The quantitative estimate of drug-likeness (QED) is 0.827. The second kappa shape index (κ2) is 5.33. The molecule has 0 spiro atoms. The van der Waals surface area contributed by atoms with Crippen molar-refractivity contribution in [3.05, 3.63) is 54.1 Å². The average molecular weight is 281 g/mol. The van der Waals surface area contributed by atoms with Gasteiger partial charge in [-0.05, 0) is 24.3 Å². The maximum atomic E-state index is 13.2. The number of nitrogens with two attached hydrogens (primary N) is 1. The summed E-state index contributed by atoms with van der Waals surface area (Å²) in [7, 11) is -3.87. The van der Waals surface area contributed by atoms with Crippen LogP contribution in [0.1, 0.15) is 5.69 Å². The van der Waals surface area contributed by atoms with Crippen LogP contribution in [0.5, 0.6) is 0 Å². The van der Waals surface area contributed by atoms with Gasteiger partial charge < -0.3 is 5.73 Å². The lowest BCUT2D eigenvalue weighted by Gasteiger charge is -2.09. The predicted octanol–water partition coefficient (Wildman–Crippen LogP) is 1.28. The number of rotatable bonds is 4. The number of halogens is 1. The van der Waals surface area contributed by atoms with E-state index in [4.69, 9.17) is 5.73 Å². The van der Waals surface area contributed by atoms with Crippen LogP contribution in [0.25, 0.3) is 0 Å². The largest absolute Gasteiger partial charge is 0.395 e. The molecule has 0 fully saturated rings. The molecule has 0 aliphatic carbocycles. The summed E-state index contributed by atoms with van der Waals surface area (Å²) in [6.45, 7) is 0.0130. The normalized spacial score (nSPS) is 11.4. The average Bonchev–Trinajstić information content (AvgIpc) is 2.41. The predicted molar refractivity (Wildman–Crippen MR) is 69.1 cm³/mol. The van der Waals surface area contributed by atoms with E-state index < -0.39 is 21.5 Å². The van der Waals surface area contributed by atoms with Crippen LogP contribution < -0.4 is 10.5 Å². The lowest BCUT2D eigenvalue weighted by Crippen LogP contribution is -2.24. The fraction of sp³-hybridized carbons (Fsp3) is 0.0833. The van der Waals surface area contributed by atoms with E-state index in [0.717, 1.165) is 6.07 Å². The third-order valence-electron chi connectivity index (χ3n) is 2.47. The van der Waals surface area contributed by atoms with Crippen molar-refractivity contribution in [2.75, 3.05) is 5.73 Å². The van der Waals surface area contributed by atoms with Crippen molar-refractivity contribution < 1.29 is 12.8 Å². The van der Waals surface area contributed by atoms with E-state index in [9.17, 15) is 12.8 Å². The Bertz CT molecular complexity index is 675. The Hall–Kier alpha value is -1.99. The van der Waals surface area contributed by atoms with Gasteiger partial charge in [0.25, 0.3) is 0 Å². The zero-order chi connectivity index (χ0) is 13.9. The standard InChI is InChI=1S/C12H12FN3O2S/c13-10-5-3-6-11(12(10)14)19(17,18)16-8-9-4-1-2-7-15-9/h1-7,16H,8,14H2. The highest BCUT2D eigenvalue weighted by molar-refractivity contribution is 7.89. The van der Waals surface area contributed by atoms with E-state index in [2.05, 4.69) is 9.71 Å². The van der Waals surface area contributed by atoms with Gasteiger partial charge in [0.1, 0.15) is 10.7 Å². The molecule has 0 amide bonds. The minimum Gasteiger partial charge on any atom is -0.395 e. The molecule has 5 nitrogen and oxygen atoms in total. The number of nitrogen functional groups attached to an aromatic ring is 1. The van der Waals surface area contributed by atoms with Gasteiger partial charge in [-0.1, -0.05) is 12.1 Å². The first-order valence-corrected chi connectivity index (χ1v) is 6.92. The van der Waals surface area contributed by atoms with Gasteiger partial charge in [0, 0.05) is 6.20 Å². The molecule has 0 radical (unpaired) electrons. The molecule has 0 bridgehead atoms. The van der Waals surface area contributed by atoms with Gasteiger partial charge >= 0.3 is 0 Å². The van der Waals surface area contributed by atoms with Crippen molar-refractivity contribution in [1.29, 1.82) is 0 Å². The summed E-state index contributed by atoms with van der Waals surface area (Å²) in [4.78, 5) is 3.71. The minimum absolute atomic E-state index is 0.0130. The molecular formula is C12H12FN3O2S. The molecule has 0 aliphatic heterocycles. The van der Waals surface area contributed by atoms with Crippen LogP contribution in [-0.4, -0.2) is 13.4 Å². The summed E-state index contributed by atoms with van der Waals surface area (Å²) in [5, 5.41) is 0. The van der Waals surface area contributed by atoms with Crippen molar-refractivity contribution >= 4 is 15.7 Å². The second-order valence-corrected chi connectivity index (χ2v) is 5.53. The van der Waals surface area contributed by atoms with Crippen LogP contribution >= 0.6 is 0 Å². The zero-order valence-corrected chi connectivity index (χ0v) is 10.7. The monoisotopic (exact) mass is 281 g/mol. The number of sulfonamides is 1. The van der Waals surface area contributed by atoms with Gasteiger partial charge in [0.2, 0.25) is 10.0 Å². The summed E-state index contributed by atoms with van der Waals surface area (Å²) >= 11 is 0. The van der Waals surface area contributed by atoms with E-state index in [-0.39, 0.29) is 11.4 Å². The summed E-state index contributed by atoms with van der Waals surface area (Å²) in [5.74, 6) is -0.763. The number of hydrogen-bond donors (Lipinski definition) is 2. The third-order valence-corrected chi connectivity index (χ3v) is 3.93. The molecule has 7 heteroatoms.